The minimum atomic E-state index is -3.32. The van der Waals surface area contributed by atoms with E-state index in [1.54, 1.807) is 44.0 Å². The number of carbonyl (C=O) groups excluding carboxylic acids is 2. The Balaban J connectivity index is 1.75. The fourth-order valence-electron chi connectivity index (χ4n) is 3.75. The highest BCUT2D eigenvalue weighted by molar-refractivity contribution is 8.03. The zero-order valence-corrected chi connectivity index (χ0v) is 22.3. The van der Waals surface area contributed by atoms with Gasteiger partial charge in [0.15, 0.2) is 15.0 Å². The Kier molecular flexibility index (Phi) is 8.64. The number of anilines is 2. The van der Waals surface area contributed by atoms with Gasteiger partial charge in [-0.15, -0.1) is 0 Å². The maximum atomic E-state index is 13.3. The molecule has 0 saturated heterocycles. The normalized spacial score (nSPS) is 14.7. The highest BCUT2D eigenvalue weighted by Crippen LogP contribution is 2.38. The molecule has 1 aliphatic rings. The van der Waals surface area contributed by atoms with Crippen molar-refractivity contribution in [2.75, 3.05) is 29.6 Å². The number of carbonyl (C=O) groups is 2. The number of hydrogen-bond acceptors (Lipinski definition) is 8. The van der Waals surface area contributed by atoms with Crippen molar-refractivity contribution < 1.29 is 22.7 Å². The van der Waals surface area contributed by atoms with Crippen molar-refractivity contribution in [2.24, 2.45) is 5.92 Å². The van der Waals surface area contributed by atoms with Crippen LogP contribution < -0.4 is 10.2 Å². The van der Waals surface area contributed by atoms with Gasteiger partial charge in [-0.25, -0.2) is 18.2 Å². The van der Waals surface area contributed by atoms with Crippen LogP contribution in [-0.4, -0.2) is 49.6 Å². The standard InChI is InChI=1S/C23H31N3O5S3/c1-5-31-20(27)23(2,3)33-19-14-24-21(32-19)25-22(28)26(15-16-8-6-7-9-16)17-10-12-18(13-11-17)34(4,29)30/h10-14,16H,5-9,15H2,1-4H3,(H,24,25,28). The van der Waals surface area contributed by atoms with Gasteiger partial charge in [0.05, 0.1) is 21.9 Å². The number of nitrogens with zero attached hydrogens (tertiary/aromatic N) is 2. The smallest absolute Gasteiger partial charge is 0.328 e. The minimum absolute atomic E-state index is 0.211. The molecule has 8 nitrogen and oxygen atoms in total. The number of thiazole rings is 1. The first kappa shape index (κ1) is 26.5. The van der Waals surface area contributed by atoms with Crippen LogP contribution in [0.1, 0.15) is 46.5 Å². The Bertz CT molecular complexity index is 1110. The number of ether oxygens (including phenoxy) is 1. The first-order valence-corrected chi connectivity index (χ1v) is 14.7. The molecule has 2 amide bonds. The predicted octanol–water partition coefficient (Wildman–Crippen LogP) is 5.21. The number of benzene rings is 1. The number of thioether (sulfide) groups is 1. The molecule has 1 fully saturated rings. The third kappa shape index (κ3) is 6.96. The van der Waals surface area contributed by atoms with Gasteiger partial charge in [0.1, 0.15) is 4.75 Å². The van der Waals surface area contributed by atoms with Gasteiger partial charge >= 0.3 is 12.0 Å². The third-order valence-electron chi connectivity index (χ3n) is 5.56. The Labute approximate surface area is 209 Å². The molecule has 0 spiro atoms. The molecule has 0 unspecified atom stereocenters. The van der Waals surface area contributed by atoms with Crippen molar-refractivity contribution in [1.29, 1.82) is 0 Å². The van der Waals surface area contributed by atoms with E-state index in [1.807, 2.05) is 0 Å². The van der Waals surface area contributed by atoms with Gasteiger partial charge < -0.3 is 4.74 Å². The lowest BCUT2D eigenvalue weighted by Gasteiger charge is -2.26. The van der Waals surface area contributed by atoms with Gasteiger partial charge in [-0.1, -0.05) is 35.9 Å². The molecule has 1 aromatic carbocycles. The monoisotopic (exact) mass is 525 g/mol. The summed E-state index contributed by atoms with van der Waals surface area (Å²) in [6.45, 7) is 6.21. The van der Waals surface area contributed by atoms with E-state index >= 15 is 0 Å². The summed E-state index contributed by atoms with van der Waals surface area (Å²) in [4.78, 5) is 31.6. The van der Waals surface area contributed by atoms with Crippen molar-refractivity contribution >= 4 is 55.8 Å². The fraction of sp³-hybridized carbons (Fsp3) is 0.522. The van der Waals surface area contributed by atoms with Gasteiger partial charge in [0.2, 0.25) is 0 Å². The van der Waals surface area contributed by atoms with Crippen molar-refractivity contribution in [2.45, 2.75) is 60.3 Å². The van der Waals surface area contributed by atoms with E-state index in [4.69, 9.17) is 4.74 Å². The number of esters is 1. The number of aromatic nitrogens is 1. The van der Waals surface area contributed by atoms with Crippen LogP contribution in [0.5, 0.6) is 0 Å². The van der Waals surface area contributed by atoms with E-state index in [9.17, 15) is 18.0 Å². The van der Waals surface area contributed by atoms with Gasteiger partial charge in [0.25, 0.3) is 0 Å². The molecule has 0 atom stereocenters. The Morgan fingerprint density at radius 2 is 1.88 bits per heavy atom. The number of sulfone groups is 1. The quantitative estimate of drug-likeness (QED) is 0.354. The lowest BCUT2D eigenvalue weighted by Crippen LogP contribution is -2.38. The SMILES string of the molecule is CCOC(=O)C(C)(C)Sc1cnc(NC(=O)N(CC2CCCC2)c2ccc(S(C)(=O)=O)cc2)s1. The third-order valence-corrected chi connectivity index (χ3v) is 8.88. The van der Waals surface area contributed by atoms with E-state index in [0.717, 1.165) is 36.1 Å². The molecule has 34 heavy (non-hydrogen) atoms. The molecule has 1 heterocycles. The van der Waals surface area contributed by atoms with Crippen LogP contribution in [-0.2, 0) is 19.4 Å². The summed E-state index contributed by atoms with van der Waals surface area (Å²) in [7, 11) is -3.32. The fourth-order valence-corrected chi connectivity index (χ4v) is 6.70. The van der Waals surface area contributed by atoms with Crippen LogP contribution in [0.4, 0.5) is 15.6 Å². The second kappa shape index (κ2) is 11.1. The molecule has 0 bridgehead atoms. The van der Waals surface area contributed by atoms with Crippen LogP contribution in [0, 0.1) is 5.92 Å². The summed E-state index contributed by atoms with van der Waals surface area (Å²) < 4.78 is 28.8. The van der Waals surface area contributed by atoms with Crippen LogP contribution in [0.3, 0.4) is 0 Å². The number of urea groups is 1. The second-order valence-corrected chi connectivity index (χ2v) is 13.7. The lowest BCUT2D eigenvalue weighted by molar-refractivity contribution is -0.145. The van der Waals surface area contributed by atoms with E-state index in [0.29, 0.717) is 29.9 Å². The molecule has 0 aliphatic heterocycles. The molecule has 11 heteroatoms. The molecular weight excluding hydrogens is 494 g/mol. The van der Waals surface area contributed by atoms with Crippen molar-refractivity contribution in [3.05, 3.63) is 30.5 Å². The highest BCUT2D eigenvalue weighted by atomic mass is 32.2. The second-order valence-electron chi connectivity index (χ2n) is 8.77. The predicted molar refractivity (Wildman–Crippen MR) is 137 cm³/mol. The number of hydrogen-bond donors (Lipinski definition) is 1. The summed E-state index contributed by atoms with van der Waals surface area (Å²) in [5.41, 5.74) is 0.631. The molecule has 3 rings (SSSR count). The van der Waals surface area contributed by atoms with Crippen LogP contribution in [0.15, 0.2) is 39.6 Å². The molecule has 1 aromatic heterocycles. The number of nitrogens with one attached hydrogen (secondary N) is 1. The Hall–Kier alpha value is -2.11. The van der Waals surface area contributed by atoms with E-state index in [1.165, 1.54) is 35.2 Å². The first-order valence-electron chi connectivity index (χ1n) is 11.2. The highest BCUT2D eigenvalue weighted by Gasteiger charge is 2.31. The summed E-state index contributed by atoms with van der Waals surface area (Å²) >= 11 is 2.63. The average Bonchev–Trinajstić information content (AvgIpc) is 3.43. The summed E-state index contributed by atoms with van der Waals surface area (Å²) in [5, 5.41) is 3.29. The molecule has 0 radical (unpaired) electrons. The molecule has 186 valence electrons. The van der Waals surface area contributed by atoms with Crippen LogP contribution >= 0.6 is 23.1 Å². The van der Waals surface area contributed by atoms with Crippen molar-refractivity contribution in [3.63, 3.8) is 0 Å². The van der Waals surface area contributed by atoms with Gasteiger partial charge in [0, 0.05) is 18.5 Å². The zero-order chi connectivity index (χ0) is 24.9. The molecule has 1 saturated carbocycles. The zero-order valence-electron chi connectivity index (χ0n) is 19.9. The summed E-state index contributed by atoms with van der Waals surface area (Å²) in [6, 6.07) is 6.05. The van der Waals surface area contributed by atoms with Gasteiger partial charge in [-0.2, -0.15) is 0 Å². The molecule has 2 aromatic rings. The lowest BCUT2D eigenvalue weighted by atomic mass is 10.1. The molecular formula is C23H31N3O5S3. The van der Waals surface area contributed by atoms with Gasteiger partial charge in [-0.3, -0.25) is 15.0 Å². The maximum absolute atomic E-state index is 13.3. The topological polar surface area (TPSA) is 106 Å². The Morgan fingerprint density at radius 1 is 1.24 bits per heavy atom. The first-order chi connectivity index (χ1) is 16.0. The minimum Gasteiger partial charge on any atom is -0.465 e. The summed E-state index contributed by atoms with van der Waals surface area (Å²) in [6.07, 6.45) is 7.21. The average molecular weight is 526 g/mol. The molecule has 1 N–H and O–H groups in total. The van der Waals surface area contributed by atoms with Crippen LogP contribution in [0.2, 0.25) is 0 Å². The number of amides is 2. The van der Waals surface area contributed by atoms with Crippen molar-refractivity contribution in [3.8, 4) is 0 Å². The maximum Gasteiger partial charge on any atom is 0.328 e. The van der Waals surface area contributed by atoms with Crippen LogP contribution in [0.25, 0.3) is 0 Å². The van der Waals surface area contributed by atoms with E-state index in [-0.39, 0.29) is 16.9 Å². The van der Waals surface area contributed by atoms with Gasteiger partial charge in [-0.05, 0) is 63.8 Å². The Morgan fingerprint density at radius 3 is 2.47 bits per heavy atom. The van der Waals surface area contributed by atoms with E-state index < -0.39 is 14.6 Å². The molecule has 1 aliphatic carbocycles. The summed E-state index contributed by atoms with van der Waals surface area (Å²) in [5.74, 6) is 0.0902. The number of rotatable bonds is 9. The largest absolute Gasteiger partial charge is 0.465 e. The van der Waals surface area contributed by atoms with E-state index in [2.05, 4.69) is 10.3 Å². The van der Waals surface area contributed by atoms with Crippen molar-refractivity contribution in [1.82, 2.24) is 4.98 Å².